The summed E-state index contributed by atoms with van der Waals surface area (Å²) in [5.41, 5.74) is 4.43. The van der Waals surface area contributed by atoms with E-state index in [-0.39, 0.29) is 5.95 Å². The average Bonchev–Trinajstić information content (AvgIpc) is 2.98. The summed E-state index contributed by atoms with van der Waals surface area (Å²) in [6.45, 7) is 0. The third-order valence-corrected chi connectivity index (χ3v) is 3.03. The van der Waals surface area contributed by atoms with Crippen LogP contribution in [0.15, 0.2) is 48.9 Å². The third-order valence-electron chi connectivity index (χ3n) is 2.76. The molecule has 3 rings (SSSR count). The van der Waals surface area contributed by atoms with Crippen molar-refractivity contribution in [2.45, 2.75) is 0 Å². The maximum Gasteiger partial charge on any atom is 0.239 e. The minimum absolute atomic E-state index is 0.279. The van der Waals surface area contributed by atoms with E-state index in [9.17, 15) is 0 Å². The number of aromatic nitrogens is 4. The molecule has 7 heteroatoms. The lowest BCUT2D eigenvalue weighted by atomic mass is 10.1. The third kappa shape index (κ3) is 2.34. The van der Waals surface area contributed by atoms with E-state index in [2.05, 4.69) is 20.5 Å². The normalized spacial score (nSPS) is 10.5. The van der Waals surface area contributed by atoms with Crippen LogP contribution in [0, 0.1) is 0 Å². The number of hydrogen-bond acceptors (Lipinski definition) is 5. The smallest absolute Gasteiger partial charge is 0.239 e. The van der Waals surface area contributed by atoms with Gasteiger partial charge in [-0.15, -0.1) is 0 Å². The monoisotopic (exact) mass is 286 g/mol. The second kappa shape index (κ2) is 5.28. The molecular weight excluding hydrogens is 276 g/mol. The molecule has 0 unspecified atom stereocenters. The van der Waals surface area contributed by atoms with E-state index < -0.39 is 0 Å². The van der Waals surface area contributed by atoms with Crippen LogP contribution < -0.4 is 11.3 Å². The van der Waals surface area contributed by atoms with Crippen LogP contribution in [-0.2, 0) is 0 Å². The number of nitrogen functional groups attached to an aromatic ring is 1. The van der Waals surface area contributed by atoms with Gasteiger partial charge in [0.25, 0.3) is 0 Å². The van der Waals surface area contributed by atoms with Crippen molar-refractivity contribution >= 4 is 17.5 Å². The number of rotatable bonds is 3. The second-order valence-corrected chi connectivity index (χ2v) is 4.46. The minimum atomic E-state index is 0.279. The van der Waals surface area contributed by atoms with Gasteiger partial charge in [-0.3, -0.25) is 5.43 Å². The van der Waals surface area contributed by atoms with Crippen LogP contribution >= 0.6 is 11.6 Å². The van der Waals surface area contributed by atoms with E-state index in [1.807, 2.05) is 36.5 Å². The van der Waals surface area contributed by atoms with Crippen LogP contribution in [0.4, 0.5) is 5.95 Å². The van der Waals surface area contributed by atoms with Gasteiger partial charge in [0.05, 0.1) is 12.4 Å². The number of benzene rings is 1. The first-order valence-electron chi connectivity index (χ1n) is 5.87. The van der Waals surface area contributed by atoms with Crippen molar-refractivity contribution in [3.63, 3.8) is 0 Å². The Kier molecular flexibility index (Phi) is 3.32. The van der Waals surface area contributed by atoms with E-state index in [1.54, 1.807) is 10.9 Å². The molecule has 20 heavy (non-hydrogen) atoms. The molecule has 0 saturated heterocycles. The molecule has 0 radical (unpaired) electrons. The zero-order valence-corrected chi connectivity index (χ0v) is 11.1. The summed E-state index contributed by atoms with van der Waals surface area (Å²) >= 11 is 6.09. The molecule has 6 nitrogen and oxygen atoms in total. The molecule has 0 fully saturated rings. The lowest BCUT2D eigenvalue weighted by Crippen LogP contribution is -2.12. The van der Waals surface area contributed by atoms with Gasteiger partial charge in [-0.05, 0) is 5.56 Å². The minimum Gasteiger partial charge on any atom is -0.292 e. The van der Waals surface area contributed by atoms with Crippen molar-refractivity contribution in [3.8, 4) is 16.9 Å². The first-order chi connectivity index (χ1) is 9.78. The fourth-order valence-electron chi connectivity index (χ4n) is 1.81. The van der Waals surface area contributed by atoms with Gasteiger partial charge in [-0.1, -0.05) is 41.9 Å². The standard InChI is InChI=1S/C13H11ClN6/c14-11-7-16-13(19-15)18-12(11)20-8-10(6-17-20)9-4-2-1-3-5-9/h1-8H,15H2,(H,16,18,19). The highest BCUT2D eigenvalue weighted by Crippen LogP contribution is 2.22. The van der Waals surface area contributed by atoms with Crippen LogP contribution in [0.5, 0.6) is 0 Å². The highest BCUT2D eigenvalue weighted by molar-refractivity contribution is 6.32. The van der Waals surface area contributed by atoms with Gasteiger partial charge in [0.2, 0.25) is 5.95 Å². The molecule has 3 aromatic rings. The quantitative estimate of drug-likeness (QED) is 0.570. The molecule has 0 aliphatic rings. The van der Waals surface area contributed by atoms with Crippen molar-refractivity contribution < 1.29 is 0 Å². The Bertz CT molecular complexity index is 725. The van der Waals surface area contributed by atoms with E-state index in [1.165, 1.54) is 6.20 Å². The van der Waals surface area contributed by atoms with Gasteiger partial charge < -0.3 is 0 Å². The van der Waals surface area contributed by atoms with Crippen molar-refractivity contribution in [2.75, 3.05) is 5.43 Å². The van der Waals surface area contributed by atoms with Gasteiger partial charge in [0.1, 0.15) is 5.02 Å². The number of anilines is 1. The Balaban J connectivity index is 2.02. The molecule has 0 aliphatic heterocycles. The lowest BCUT2D eigenvalue weighted by Gasteiger charge is -2.04. The Hall–Kier alpha value is -2.44. The summed E-state index contributed by atoms with van der Waals surface area (Å²) in [6.07, 6.45) is 5.08. The number of nitrogens with zero attached hydrogens (tertiary/aromatic N) is 4. The molecule has 1 aromatic carbocycles. The van der Waals surface area contributed by atoms with Crippen molar-refractivity contribution in [2.24, 2.45) is 5.84 Å². The zero-order valence-electron chi connectivity index (χ0n) is 10.4. The molecule has 2 heterocycles. The Morgan fingerprint density at radius 3 is 2.65 bits per heavy atom. The SMILES string of the molecule is NNc1ncc(Cl)c(-n2cc(-c3ccccc3)cn2)n1. The Labute approximate surface area is 120 Å². The predicted molar refractivity (Wildman–Crippen MR) is 77.4 cm³/mol. The molecule has 0 amide bonds. The lowest BCUT2D eigenvalue weighted by molar-refractivity contribution is 0.840. The summed E-state index contributed by atoms with van der Waals surface area (Å²) in [5.74, 6) is 6.04. The van der Waals surface area contributed by atoms with Gasteiger partial charge in [0.15, 0.2) is 5.82 Å². The van der Waals surface area contributed by atoms with Gasteiger partial charge in [0, 0.05) is 11.8 Å². The second-order valence-electron chi connectivity index (χ2n) is 4.05. The van der Waals surface area contributed by atoms with Crippen LogP contribution in [0.2, 0.25) is 5.02 Å². The fourth-order valence-corrected chi connectivity index (χ4v) is 1.98. The van der Waals surface area contributed by atoms with Gasteiger partial charge in [-0.25, -0.2) is 15.5 Å². The van der Waals surface area contributed by atoms with E-state index in [0.717, 1.165) is 11.1 Å². The molecule has 0 atom stereocenters. The van der Waals surface area contributed by atoms with Crippen LogP contribution in [0.1, 0.15) is 0 Å². The number of nitrogens with one attached hydrogen (secondary N) is 1. The van der Waals surface area contributed by atoms with Crippen LogP contribution in [0.3, 0.4) is 0 Å². The first-order valence-corrected chi connectivity index (χ1v) is 6.25. The molecule has 0 saturated carbocycles. The summed E-state index contributed by atoms with van der Waals surface area (Å²) < 4.78 is 1.59. The Morgan fingerprint density at radius 2 is 1.90 bits per heavy atom. The van der Waals surface area contributed by atoms with Crippen LogP contribution in [-0.4, -0.2) is 19.7 Å². The van der Waals surface area contributed by atoms with E-state index >= 15 is 0 Å². The molecule has 3 N–H and O–H groups in total. The molecular formula is C13H11ClN6. The van der Waals surface area contributed by atoms with Gasteiger partial charge in [-0.2, -0.15) is 10.1 Å². The van der Waals surface area contributed by atoms with Crippen molar-refractivity contribution in [1.82, 2.24) is 19.7 Å². The summed E-state index contributed by atoms with van der Waals surface area (Å²) in [5, 5.41) is 4.67. The maximum absolute atomic E-state index is 6.09. The van der Waals surface area contributed by atoms with Crippen molar-refractivity contribution in [3.05, 3.63) is 53.9 Å². The summed E-state index contributed by atoms with van der Waals surface area (Å²) in [4.78, 5) is 8.12. The van der Waals surface area contributed by atoms with Crippen molar-refractivity contribution in [1.29, 1.82) is 0 Å². The number of halogens is 1. The molecule has 0 spiro atoms. The zero-order chi connectivity index (χ0) is 13.9. The summed E-state index contributed by atoms with van der Waals surface area (Å²) in [7, 11) is 0. The molecule has 0 aliphatic carbocycles. The molecule has 2 aromatic heterocycles. The first kappa shape index (κ1) is 12.6. The average molecular weight is 287 g/mol. The Morgan fingerprint density at radius 1 is 1.10 bits per heavy atom. The van der Waals surface area contributed by atoms with E-state index in [0.29, 0.717) is 10.8 Å². The molecule has 0 bridgehead atoms. The highest BCUT2D eigenvalue weighted by atomic mass is 35.5. The van der Waals surface area contributed by atoms with Gasteiger partial charge >= 0.3 is 0 Å². The highest BCUT2D eigenvalue weighted by Gasteiger charge is 2.09. The maximum atomic E-state index is 6.09. The number of hydrogen-bond donors (Lipinski definition) is 2. The topological polar surface area (TPSA) is 81.6 Å². The number of hydrazine groups is 1. The predicted octanol–water partition coefficient (Wildman–Crippen LogP) is 2.27. The van der Waals surface area contributed by atoms with Crippen LogP contribution in [0.25, 0.3) is 16.9 Å². The number of nitrogens with two attached hydrogens (primary N) is 1. The van der Waals surface area contributed by atoms with E-state index in [4.69, 9.17) is 17.4 Å². The molecule has 100 valence electrons. The summed E-state index contributed by atoms with van der Waals surface area (Å²) in [6, 6.07) is 9.93. The largest absolute Gasteiger partial charge is 0.292 e. The fraction of sp³-hybridized carbons (Fsp3) is 0.